The number of nitro groups is 1. The fourth-order valence-corrected chi connectivity index (χ4v) is 3.15. The average Bonchev–Trinajstić information content (AvgIpc) is 3.01. The zero-order valence-electron chi connectivity index (χ0n) is 13.3. The highest BCUT2D eigenvalue weighted by Crippen LogP contribution is 2.37. The van der Waals surface area contributed by atoms with Gasteiger partial charge in [0.1, 0.15) is 5.69 Å². The van der Waals surface area contributed by atoms with E-state index in [1.54, 1.807) is 14.0 Å². The summed E-state index contributed by atoms with van der Waals surface area (Å²) in [5.74, 6) is -1.25. The summed E-state index contributed by atoms with van der Waals surface area (Å²) in [7, 11) is 1.69. The lowest BCUT2D eigenvalue weighted by molar-refractivity contribution is -0.384. The maximum Gasteiger partial charge on any atom is 0.293 e. The largest absolute Gasteiger partial charge is 0.293 e. The number of nitro benzene ring substituents is 1. The number of hydrogen-bond donors (Lipinski definition) is 0. The standard InChI is InChI=1S/C16H11N5O4/c1-8-12-13-9(7-17-14(12)19(2)18-8)15(22)20(16(13)23)10-5-3-4-6-11(10)21(24)25/h3-7H,1-2H3. The van der Waals surface area contributed by atoms with Gasteiger partial charge in [-0.15, -0.1) is 0 Å². The monoisotopic (exact) mass is 337 g/mol. The molecule has 3 aromatic rings. The zero-order chi connectivity index (χ0) is 17.9. The molecule has 0 spiro atoms. The van der Waals surface area contributed by atoms with Crippen LogP contribution in [0.15, 0.2) is 30.5 Å². The lowest BCUT2D eigenvalue weighted by atomic mass is 10.1. The van der Waals surface area contributed by atoms with Crippen molar-refractivity contribution in [1.82, 2.24) is 14.8 Å². The Kier molecular flexibility index (Phi) is 2.95. The lowest BCUT2D eigenvalue weighted by Gasteiger charge is -2.13. The van der Waals surface area contributed by atoms with E-state index >= 15 is 0 Å². The van der Waals surface area contributed by atoms with Crippen molar-refractivity contribution in [3.05, 3.63) is 57.4 Å². The molecule has 4 rings (SSSR count). The summed E-state index contributed by atoms with van der Waals surface area (Å²) in [6.07, 6.45) is 1.31. The van der Waals surface area contributed by atoms with Crippen molar-refractivity contribution >= 4 is 34.2 Å². The maximum absolute atomic E-state index is 13.0. The van der Waals surface area contributed by atoms with Gasteiger partial charge in [0, 0.05) is 19.3 Å². The summed E-state index contributed by atoms with van der Waals surface area (Å²) >= 11 is 0. The van der Waals surface area contributed by atoms with Crippen LogP contribution in [0.4, 0.5) is 11.4 Å². The van der Waals surface area contributed by atoms with Crippen LogP contribution in [0.1, 0.15) is 26.4 Å². The van der Waals surface area contributed by atoms with E-state index < -0.39 is 16.7 Å². The number of nitrogens with zero attached hydrogens (tertiary/aromatic N) is 5. The molecule has 124 valence electrons. The van der Waals surface area contributed by atoms with Gasteiger partial charge >= 0.3 is 0 Å². The minimum atomic E-state index is -0.632. The molecule has 0 fully saturated rings. The second-order valence-corrected chi connectivity index (χ2v) is 5.65. The number of carbonyl (C=O) groups is 2. The van der Waals surface area contributed by atoms with Gasteiger partial charge in [0.15, 0.2) is 5.65 Å². The van der Waals surface area contributed by atoms with Gasteiger partial charge < -0.3 is 0 Å². The minimum absolute atomic E-state index is 0.0617. The Labute approximate surface area is 140 Å². The topological polar surface area (TPSA) is 111 Å². The molecule has 1 aliphatic heterocycles. The maximum atomic E-state index is 13.0. The van der Waals surface area contributed by atoms with Crippen LogP contribution >= 0.6 is 0 Å². The molecule has 3 heterocycles. The van der Waals surface area contributed by atoms with Crippen molar-refractivity contribution in [2.75, 3.05) is 4.90 Å². The van der Waals surface area contributed by atoms with Crippen molar-refractivity contribution in [3.63, 3.8) is 0 Å². The van der Waals surface area contributed by atoms with Crippen LogP contribution in [0.3, 0.4) is 0 Å². The number of amides is 2. The molecule has 0 bridgehead atoms. The number of carbonyl (C=O) groups excluding carboxylic acids is 2. The van der Waals surface area contributed by atoms with E-state index in [1.165, 1.54) is 35.1 Å². The van der Waals surface area contributed by atoms with Gasteiger partial charge in [-0.1, -0.05) is 12.1 Å². The van der Waals surface area contributed by atoms with Crippen molar-refractivity contribution in [3.8, 4) is 0 Å². The number of fused-ring (bicyclic) bond motifs is 3. The molecule has 9 heteroatoms. The predicted molar refractivity (Wildman–Crippen MR) is 87.5 cm³/mol. The first kappa shape index (κ1) is 14.9. The molecule has 1 aliphatic rings. The van der Waals surface area contributed by atoms with E-state index in [0.717, 1.165) is 4.90 Å². The van der Waals surface area contributed by atoms with Crippen molar-refractivity contribution in [2.45, 2.75) is 6.92 Å². The number of pyridine rings is 1. The molecule has 0 saturated carbocycles. The van der Waals surface area contributed by atoms with Crippen LogP contribution in [0, 0.1) is 17.0 Å². The van der Waals surface area contributed by atoms with Gasteiger partial charge in [-0.05, 0) is 13.0 Å². The Bertz CT molecular complexity index is 1100. The molecule has 0 radical (unpaired) electrons. The normalized spacial score (nSPS) is 13.6. The summed E-state index contributed by atoms with van der Waals surface area (Å²) in [5.41, 5.74) is 0.956. The van der Waals surface area contributed by atoms with E-state index in [-0.39, 0.29) is 22.5 Å². The molecule has 0 aliphatic carbocycles. The van der Waals surface area contributed by atoms with E-state index in [4.69, 9.17) is 0 Å². The molecule has 25 heavy (non-hydrogen) atoms. The number of anilines is 1. The summed E-state index contributed by atoms with van der Waals surface area (Å²) < 4.78 is 1.52. The Morgan fingerprint density at radius 2 is 1.88 bits per heavy atom. The van der Waals surface area contributed by atoms with Crippen LogP contribution in [0.25, 0.3) is 11.0 Å². The van der Waals surface area contributed by atoms with Crippen molar-refractivity contribution < 1.29 is 14.5 Å². The van der Waals surface area contributed by atoms with Crippen molar-refractivity contribution in [1.29, 1.82) is 0 Å². The van der Waals surface area contributed by atoms with Crippen LogP contribution < -0.4 is 4.90 Å². The van der Waals surface area contributed by atoms with Gasteiger partial charge in [0.05, 0.1) is 27.1 Å². The van der Waals surface area contributed by atoms with Crippen molar-refractivity contribution in [2.24, 2.45) is 7.05 Å². The molecule has 0 N–H and O–H groups in total. The van der Waals surface area contributed by atoms with E-state index in [2.05, 4.69) is 10.1 Å². The molecular weight excluding hydrogens is 326 g/mol. The lowest BCUT2D eigenvalue weighted by Crippen LogP contribution is -2.30. The third kappa shape index (κ3) is 1.89. The van der Waals surface area contributed by atoms with E-state index in [9.17, 15) is 19.7 Å². The fourth-order valence-electron chi connectivity index (χ4n) is 3.15. The van der Waals surface area contributed by atoms with Gasteiger partial charge in [0.2, 0.25) is 0 Å². The predicted octanol–water partition coefficient (Wildman–Crippen LogP) is 1.99. The highest BCUT2D eigenvalue weighted by atomic mass is 16.6. The first-order valence-electron chi connectivity index (χ1n) is 7.36. The SMILES string of the molecule is Cc1nn(C)c2ncc3c(c12)C(=O)N(c1ccccc1[N+](=O)[O-])C3=O. The molecular formula is C16H11N5O4. The number of para-hydroxylation sites is 2. The smallest absolute Gasteiger partial charge is 0.268 e. The number of aryl methyl sites for hydroxylation is 2. The van der Waals surface area contributed by atoms with Gasteiger partial charge in [-0.3, -0.25) is 24.4 Å². The van der Waals surface area contributed by atoms with E-state index in [0.29, 0.717) is 16.7 Å². The quantitative estimate of drug-likeness (QED) is 0.401. The third-order valence-corrected chi connectivity index (χ3v) is 4.20. The Hall–Kier alpha value is -3.62. The Morgan fingerprint density at radius 1 is 1.16 bits per heavy atom. The fraction of sp³-hybridized carbons (Fsp3) is 0.125. The summed E-state index contributed by atoms with van der Waals surface area (Å²) in [5, 5.41) is 16.0. The third-order valence-electron chi connectivity index (χ3n) is 4.20. The summed E-state index contributed by atoms with van der Waals surface area (Å²) in [6.45, 7) is 1.72. The first-order valence-corrected chi connectivity index (χ1v) is 7.36. The van der Waals surface area contributed by atoms with Gasteiger partial charge in [0.25, 0.3) is 17.5 Å². The van der Waals surface area contributed by atoms with E-state index in [1.807, 2.05) is 0 Å². The molecule has 1 aromatic carbocycles. The minimum Gasteiger partial charge on any atom is -0.268 e. The van der Waals surface area contributed by atoms with Crippen LogP contribution in [-0.4, -0.2) is 31.5 Å². The zero-order valence-corrected chi connectivity index (χ0v) is 13.3. The highest BCUT2D eigenvalue weighted by Gasteiger charge is 2.42. The van der Waals surface area contributed by atoms with Crippen LogP contribution in [0.2, 0.25) is 0 Å². The molecule has 0 saturated heterocycles. The second-order valence-electron chi connectivity index (χ2n) is 5.65. The van der Waals surface area contributed by atoms with Crippen LogP contribution in [0.5, 0.6) is 0 Å². The Morgan fingerprint density at radius 3 is 2.60 bits per heavy atom. The molecule has 2 aromatic heterocycles. The first-order chi connectivity index (χ1) is 11.9. The number of rotatable bonds is 2. The number of aromatic nitrogens is 3. The van der Waals surface area contributed by atoms with Gasteiger partial charge in [-0.25, -0.2) is 9.88 Å². The highest BCUT2D eigenvalue weighted by molar-refractivity contribution is 6.37. The molecule has 0 unspecified atom stereocenters. The number of imide groups is 1. The van der Waals surface area contributed by atoms with Gasteiger partial charge in [-0.2, -0.15) is 5.10 Å². The molecule has 9 nitrogen and oxygen atoms in total. The summed E-state index contributed by atoms with van der Waals surface area (Å²) in [6, 6.07) is 5.64. The number of benzene rings is 1. The summed E-state index contributed by atoms with van der Waals surface area (Å²) in [4.78, 5) is 41.4. The molecule has 2 amide bonds. The Balaban J connectivity index is 1.98. The molecule has 0 atom stereocenters. The average molecular weight is 337 g/mol. The number of hydrogen-bond acceptors (Lipinski definition) is 6. The van der Waals surface area contributed by atoms with Crippen LogP contribution in [-0.2, 0) is 7.05 Å². The second kappa shape index (κ2) is 4.94.